The topological polar surface area (TPSA) is 76.0 Å². The van der Waals surface area contributed by atoms with Crippen molar-refractivity contribution < 1.29 is 24.8 Å². The van der Waals surface area contributed by atoms with E-state index >= 15 is 0 Å². The van der Waals surface area contributed by atoms with E-state index in [0.29, 0.717) is 11.5 Å². The van der Waals surface area contributed by atoms with E-state index in [-0.39, 0.29) is 17.9 Å². The number of aromatic carboxylic acids is 1. The molecule has 0 heterocycles. The van der Waals surface area contributed by atoms with E-state index in [2.05, 4.69) is 6.92 Å². The minimum absolute atomic E-state index is 0.0539. The Kier molecular flexibility index (Phi) is 6.28. The van der Waals surface area contributed by atoms with E-state index in [4.69, 9.17) is 14.9 Å². The lowest BCUT2D eigenvalue weighted by Gasteiger charge is -2.48. The molecule has 0 aliphatic heterocycles. The fourth-order valence-electron chi connectivity index (χ4n) is 5.80. The lowest BCUT2D eigenvalue weighted by atomic mass is 9.65. The van der Waals surface area contributed by atoms with Gasteiger partial charge < -0.3 is 10.2 Å². The molecular formula is C24H34O5. The van der Waals surface area contributed by atoms with Gasteiger partial charge >= 0.3 is 5.97 Å². The van der Waals surface area contributed by atoms with E-state index in [9.17, 15) is 9.90 Å². The van der Waals surface area contributed by atoms with Gasteiger partial charge in [-0.2, -0.15) is 0 Å². The first-order valence-electron chi connectivity index (χ1n) is 11.3. The highest BCUT2D eigenvalue weighted by atomic mass is 17.2. The van der Waals surface area contributed by atoms with Crippen molar-refractivity contribution in [3.8, 4) is 0 Å². The minimum Gasteiger partial charge on any atom is -0.478 e. The maximum atomic E-state index is 11.2. The smallest absolute Gasteiger partial charge is 0.335 e. The molecule has 4 atom stereocenters. The summed E-state index contributed by atoms with van der Waals surface area (Å²) in [5, 5.41) is 20.2. The van der Waals surface area contributed by atoms with Gasteiger partial charge in [-0.25, -0.2) is 14.6 Å². The van der Waals surface area contributed by atoms with Gasteiger partial charge in [-0.3, -0.25) is 0 Å². The first kappa shape index (κ1) is 20.8. The molecule has 3 saturated carbocycles. The fraction of sp³-hybridized carbons (Fsp3) is 0.708. The molecule has 1 aromatic rings. The Morgan fingerprint density at radius 3 is 2.48 bits per heavy atom. The summed E-state index contributed by atoms with van der Waals surface area (Å²) in [7, 11) is 0. The number of rotatable bonds is 6. The molecule has 29 heavy (non-hydrogen) atoms. The SMILES string of the molecule is CC1CC2CCCC(C2)C1(O)OOC1CCC(Cc2ccc(C(=O)O)cc2)CC1. The Labute approximate surface area is 173 Å². The zero-order chi connectivity index (χ0) is 20.4. The highest BCUT2D eigenvalue weighted by Gasteiger charge is 2.51. The standard InChI is InChI=1S/C24H34O5/c1-16-13-19-3-2-4-21(15-19)24(16,27)29-28-22-11-7-18(8-12-22)14-17-5-9-20(10-6-17)23(25)26/h5-6,9-10,16,18-19,21-22,27H,2-4,7-8,11-15H2,1H3,(H,25,26). The van der Waals surface area contributed by atoms with Crippen LogP contribution in [-0.2, 0) is 16.2 Å². The van der Waals surface area contributed by atoms with Crippen molar-refractivity contribution >= 4 is 5.97 Å². The van der Waals surface area contributed by atoms with Crippen LogP contribution in [0.2, 0.25) is 0 Å². The molecule has 3 aliphatic rings. The van der Waals surface area contributed by atoms with Gasteiger partial charge in [0.25, 0.3) is 0 Å². The van der Waals surface area contributed by atoms with Gasteiger partial charge in [0.2, 0.25) is 5.79 Å². The van der Waals surface area contributed by atoms with Crippen LogP contribution < -0.4 is 0 Å². The predicted molar refractivity (Wildman–Crippen MR) is 109 cm³/mol. The van der Waals surface area contributed by atoms with Crippen LogP contribution >= 0.6 is 0 Å². The van der Waals surface area contributed by atoms with Crippen LogP contribution in [0.5, 0.6) is 0 Å². The monoisotopic (exact) mass is 402 g/mol. The summed E-state index contributed by atoms with van der Waals surface area (Å²) >= 11 is 0. The molecule has 5 heteroatoms. The number of hydrogen-bond acceptors (Lipinski definition) is 4. The zero-order valence-corrected chi connectivity index (χ0v) is 17.4. The van der Waals surface area contributed by atoms with Gasteiger partial charge in [-0.1, -0.05) is 31.9 Å². The summed E-state index contributed by atoms with van der Waals surface area (Å²) in [6.45, 7) is 2.10. The van der Waals surface area contributed by atoms with Crippen LogP contribution in [0.1, 0.15) is 80.6 Å². The third-order valence-corrected chi connectivity index (χ3v) is 7.60. The predicted octanol–water partition coefficient (Wildman–Crippen LogP) is 4.97. The molecule has 4 unspecified atom stereocenters. The third-order valence-electron chi connectivity index (χ3n) is 7.60. The van der Waals surface area contributed by atoms with E-state index in [1.807, 2.05) is 12.1 Å². The van der Waals surface area contributed by atoms with Crippen LogP contribution in [0.3, 0.4) is 0 Å². The molecule has 0 saturated heterocycles. The van der Waals surface area contributed by atoms with Crippen LogP contribution in [0.25, 0.3) is 0 Å². The quantitative estimate of drug-likeness (QED) is 0.399. The summed E-state index contributed by atoms with van der Waals surface area (Å²) in [6.07, 6.45) is 10.6. The molecule has 5 nitrogen and oxygen atoms in total. The van der Waals surface area contributed by atoms with E-state index < -0.39 is 11.8 Å². The van der Waals surface area contributed by atoms with Crippen molar-refractivity contribution in [3.63, 3.8) is 0 Å². The second kappa shape index (κ2) is 8.75. The van der Waals surface area contributed by atoms with Crippen molar-refractivity contribution in [1.29, 1.82) is 0 Å². The Morgan fingerprint density at radius 1 is 1.07 bits per heavy atom. The molecule has 160 valence electrons. The number of fused-ring (bicyclic) bond motifs is 2. The summed E-state index contributed by atoms with van der Waals surface area (Å²) in [4.78, 5) is 22.6. The van der Waals surface area contributed by atoms with Gasteiger partial charge in [0.05, 0.1) is 11.7 Å². The molecule has 0 radical (unpaired) electrons. The minimum atomic E-state index is -1.13. The average Bonchev–Trinajstić information content (AvgIpc) is 2.73. The molecule has 0 aromatic heterocycles. The van der Waals surface area contributed by atoms with Gasteiger partial charge in [-0.15, -0.1) is 0 Å². The molecular weight excluding hydrogens is 368 g/mol. The summed E-state index contributed by atoms with van der Waals surface area (Å²) in [6, 6.07) is 7.21. The Hall–Kier alpha value is -1.43. The lowest BCUT2D eigenvalue weighted by molar-refractivity contribution is -0.472. The molecule has 2 bridgehead atoms. The number of aliphatic hydroxyl groups is 1. The van der Waals surface area contributed by atoms with Gasteiger partial charge in [0.1, 0.15) is 0 Å². The van der Waals surface area contributed by atoms with Crippen LogP contribution in [0.15, 0.2) is 24.3 Å². The van der Waals surface area contributed by atoms with E-state index in [1.165, 1.54) is 18.4 Å². The van der Waals surface area contributed by atoms with Crippen molar-refractivity contribution in [1.82, 2.24) is 0 Å². The van der Waals surface area contributed by atoms with Gasteiger partial charge in [0.15, 0.2) is 0 Å². The molecule has 1 aromatic carbocycles. The fourth-order valence-corrected chi connectivity index (χ4v) is 5.80. The van der Waals surface area contributed by atoms with Crippen molar-refractivity contribution in [2.75, 3.05) is 0 Å². The molecule has 3 aliphatic carbocycles. The highest BCUT2D eigenvalue weighted by Crippen LogP contribution is 2.49. The van der Waals surface area contributed by atoms with Crippen molar-refractivity contribution in [3.05, 3.63) is 35.4 Å². The maximum absolute atomic E-state index is 11.2. The molecule has 0 spiro atoms. The summed E-state index contributed by atoms with van der Waals surface area (Å²) in [5.74, 6) is -0.354. The summed E-state index contributed by atoms with van der Waals surface area (Å²) in [5.41, 5.74) is 1.52. The van der Waals surface area contributed by atoms with Crippen LogP contribution in [0, 0.1) is 23.7 Å². The third kappa shape index (κ3) is 4.68. The summed E-state index contributed by atoms with van der Waals surface area (Å²) < 4.78 is 0. The second-order valence-electron chi connectivity index (χ2n) is 9.65. The maximum Gasteiger partial charge on any atom is 0.335 e. The lowest BCUT2D eigenvalue weighted by Crippen LogP contribution is -2.53. The van der Waals surface area contributed by atoms with Crippen LogP contribution in [0.4, 0.5) is 0 Å². The first-order valence-corrected chi connectivity index (χ1v) is 11.3. The molecule has 0 amide bonds. The Bertz CT molecular complexity index is 692. The highest BCUT2D eigenvalue weighted by molar-refractivity contribution is 5.87. The largest absolute Gasteiger partial charge is 0.478 e. The number of carbonyl (C=O) groups is 1. The molecule has 4 rings (SSSR count). The normalized spacial score (nSPS) is 37.2. The number of benzene rings is 1. The number of hydrogen-bond donors (Lipinski definition) is 2. The zero-order valence-electron chi connectivity index (χ0n) is 17.4. The van der Waals surface area contributed by atoms with Gasteiger partial charge in [0, 0.05) is 11.8 Å². The Morgan fingerprint density at radius 2 is 1.79 bits per heavy atom. The average molecular weight is 403 g/mol. The van der Waals surface area contributed by atoms with Gasteiger partial charge in [-0.05, 0) is 80.9 Å². The van der Waals surface area contributed by atoms with Crippen LogP contribution in [-0.4, -0.2) is 28.1 Å². The first-order chi connectivity index (χ1) is 13.9. The van der Waals surface area contributed by atoms with E-state index in [0.717, 1.165) is 57.3 Å². The number of carboxylic acids is 1. The molecule has 3 fully saturated rings. The van der Waals surface area contributed by atoms with Crippen molar-refractivity contribution in [2.45, 2.75) is 83.0 Å². The van der Waals surface area contributed by atoms with E-state index in [1.54, 1.807) is 12.1 Å². The number of carboxylic acid groups (broad SMARTS) is 1. The van der Waals surface area contributed by atoms with Crippen molar-refractivity contribution in [2.24, 2.45) is 23.7 Å². The molecule has 2 N–H and O–H groups in total. The Balaban J connectivity index is 1.24. The second-order valence-corrected chi connectivity index (χ2v) is 9.65.